The molecule has 0 bridgehead atoms. The van der Waals surface area contributed by atoms with E-state index in [1.165, 1.54) is 0 Å². The van der Waals surface area contributed by atoms with Crippen molar-refractivity contribution in [3.05, 3.63) is 60.2 Å². The number of rotatable bonds is 7. The van der Waals surface area contributed by atoms with Crippen molar-refractivity contribution in [3.63, 3.8) is 0 Å². The number of nitrogens with two attached hydrogens (primary N) is 1. The van der Waals surface area contributed by atoms with Gasteiger partial charge in [0.15, 0.2) is 0 Å². The fraction of sp³-hybridized carbons (Fsp3) is 0.263. The molecular weight excluding hydrogens is 302 g/mol. The molecule has 1 aliphatic carbocycles. The number of benzene rings is 2. The maximum atomic E-state index is 11.9. The molecular formula is C19H21N3O2. The number of amides is 2. The zero-order valence-corrected chi connectivity index (χ0v) is 13.4. The average Bonchev–Trinajstić information content (AvgIpc) is 3.40. The molecule has 2 aromatic rings. The first kappa shape index (κ1) is 16.1. The van der Waals surface area contributed by atoms with Crippen molar-refractivity contribution in [2.45, 2.75) is 19.4 Å². The lowest BCUT2D eigenvalue weighted by molar-refractivity contribution is -0.117. The van der Waals surface area contributed by atoms with Crippen molar-refractivity contribution in [3.8, 4) is 0 Å². The Labute approximate surface area is 141 Å². The number of carbonyl (C=O) groups is 2. The Hall–Kier alpha value is -2.82. The maximum absolute atomic E-state index is 11.9. The van der Waals surface area contributed by atoms with Gasteiger partial charge in [-0.15, -0.1) is 0 Å². The van der Waals surface area contributed by atoms with E-state index in [4.69, 9.17) is 5.73 Å². The Bertz CT molecular complexity index is 726. The molecule has 5 heteroatoms. The van der Waals surface area contributed by atoms with Crippen LogP contribution in [0.5, 0.6) is 0 Å². The summed E-state index contributed by atoms with van der Waals surface area (Å²) in [5.74, 6) is -0.172. The van der Waals surface area contributed by atoms with Gasteiger partial charge in [-0.2, -0.15) is 0 Å². The molecule has 2 amide bonds. The minimum absolute atomic E-state index is 0.0664. The van der Waals surface area contributed by atoms with Crippen LogP contribution in [0.4, 0.5) is 11.4 Å². The number of hydrogen-bond acceptors (Lipinski definition) is 3. The van der Waals surface area contributed by atoms with Gasteiger partial charge < -0.3 is 16.0 Å². The Morgan fingerprint density at radius 2 is 1.83 bits per heavy atom. The fourth-order valence-electron chi connectivity index (χ4n) is 2.60. The van der Waals surface area contributed by atoms with Gasteiger partial charge in [0.2, 0.25) is 11.8 Å². The topological polar surface area (TPSA) is 75.4 Å². The number of carbonyl (C=O) groups excluding carboxylic acids is 2. The highest BCUT2D eigenvalue weighted by Crippen LogP contribution is 2.30. The number of nitrogens with one attached hydrogen (secondary N) is 1. The third-order valence-corrected chi connectivity index (χ3v) is 3.99. The van der Waals surface area contributed by atoms with Crippen LogP contribution in [-0.4, -0.2) is 18.4 Å². The van der Waals surface area contributed by atoms with Gasteiger partial charge in [-0.3, -0.25) is 9.59 Å². The first-order valence-corrected chi connectivity index (χ1v) is 8.10. The van der Waals surface area contributed by atoms with Crippen LogP contribution in [0.15, 0.2) is 54.6 Å². The normalized spacial score (nSPS) is 13.3. The third-order valence-electron chi connectivity index (χ3n) is 3.99. The summed E-state index contributed by atoms with van der Waals surface area (Å²) in [6, 6.07) is 17.4. The lowest BCUT2D eigenvalue weighted by Crippen LogP contribution is -2.33. The van der Waals surface area contributed by atoms with E-state index in [1.807, 2.05) is 59.5 Å². The van der Waals surface area contributed by atoms with Crippen molar-refractivity contribution in [2.75, 3.05) is 16.8 Å². The van der Waals surface area contributed by atoms with Crippen molar-refractivity contribution in [2.24, 2.45) is 11.7 Å². The van der Waals surface area contributed by atoms with Crippen LogP contribution < -0.4 is 16.0 Å². The minimum atomic E-state index is -0.390. The summed E-state index contributed by atoms with van der Waals surface area (Å²) < 4.78 is 0. The highest BCUT2D eigenvalue weighted by molar-refractivity contribution is 5.94. The Morgan fingerprint density at radius 1 is 1.08 bits per heavy atom. The van der Waals surface area contributed by atoms with Crippen LogP contribution in [0.3, 0.4) is 0 Å². The van der Waals surface area contributed by atoms with Gasteiger partial charge in [0.1, 0.15) is 0 Å². The van der Waals surface area contributed by atoms with Gasteiger partial charge >= 0.3 is 0 Å². The highest BCUT2D eigenvalue weighted by atomic mass is 16.2. The van der Waals surface area contributed by atoms with E-state index in [2.05, 4.69) is 5.32 Å². The van der Waals surface area contributed by atoms with Gasteiger partial charge in [0.25, 0.3) is 0 Å². The SMILES string of the molecule is NC(=O)CN(Cc1ccccc1)c1cccc(NC(=O)C2CC2)c1. The average molecular weight is 323 g/mol. The van der Waals surface area contributed by atoms with E-state index in [-0.39, 0.29) is 18.4 Å². The molecule has 0 radical (unpaired) electrons. The van der Waals surface area contributed by atoms with Crippen molar-refractivity contribution in [1.29, 1.82) is 0 Å². The van der Waals surface area contributed by atoms with E-state index in [0.29, 0.717) is 6.54 Å². The molecule has 124 valence electrons. The van der Waals surface area contributed by atoms with Crippen LogP contribution >= 0.6 is 0 Å². The molecule has 3 N–H and O–H groups in total. The smallest absolute Gasteiger partial charge is 0.236 e. The Kier molecular flexibility index (Phi) is 4.79. The summed E-state index contributed by atoms with van der Waals surface area (Å²) in [5, 5.41) is 2.93. The number of hydrogen-bond donors (Lipinski definition) is 2. The summed E-state index contributed by atoms with van der Waals surface area (Å²) in [6.07, 6.45) is 1.93. The molecule has 0 atom stereocenters. The Morgan fingerprint density at radius 3 is 2.50 bits per heavy atom. The Balaban J connectivity index is 1.78. The molecule has 1 aliphatic rings. The van der Waals surface area contributed by atoms with E-state index >= 15 is 0 Å². The molecule has 5 nitrogen and oxygen atoms in total. The summed E-state index contributed by atoms with van der Waals surface area (Å²) in [5.41, 5.74) is 8.09. The molecule has 0 saturated heterocycles. The van der Waals surface area contributed by atoms with Gasteiger partial charge in [-0.1, -0.05) is 36.4 Å². The van der Waals surface area contributed by atoms with Crippen molar-refractivity contribution in [1.82, 2.24) is 0 Å². The van der Waals surface area contributed by atoms with Crippen LogP contribution in [-0.2, 0) is 16.1 Å². The van der Waals surface area contributed by atoms with Crippen LogP contribution in [0.1, 0.15) is 18.4 Å². The van der Waals surface area contributed by atoms with E-state index in [1.54, 1.807) is 0 Å². The minimum Gasteiger partial charge on any atom is -0.368 e. The van der Waals surface area contributed by atoms with Crippen molar-refractivity contribution >= 4 is 23.2 Å². The maximum Gasteiger partial charge on any atom is 0.236 e. The summed E-state index contributed by atoms with van der Waals surface area (Å²) in [6.45, 7) is 0.693. The standard InChI is InChI=1S/C19H21N3O2/c20-18(23)13-22(12-14-5-2-1-3-6-14)17-8-4-7-16(11-17)21-19(24)15-9-10-15/h1-8,11,15H,9-10,12-13H2,(H2,20,23)(H,21,24). The molecule has 1 saturated carbocycles. The number of nitrogens with zero attached hydrogens (tertiary/aromatic N) is 1. The van der Waals surface area contributed by atoms with Crippen molar-refractivity contribution < 1.29 is 9.59 Å². The largest absolute Gasteiger partial charge is 0.368 e. The first-order chi connectivity index (χ1) is 11.6. The second-order valence-corrected chi connectivity index (χ2v) is 6.12. The highest BCUT2D eigenvalue weighted by Gasteiger charge is 2.29. The van der Waals surface area contributed by atoms with Gasteiger partial charge in [-0.25, -0.2) is 0 Å². The molecule has 0 aromatic heterocycles. The predicted molar refractivity (Wildman–Crippen MR) is 94.5 cm³/mol. The summed E-state index contributed by atoms with van der Waals surface area (Å²) >= 11 is 0. The zero-order chi connectivity index (χ0) is 16.9. The number of anilines is 2. The first-order valence-electron chi connectivity index (χ1n) is 8.10. The second-order valence-electron chi connectivity index (χ2n) is 6.12. The monoisotopic (exact) mass is 323 g/mol. The van der Waals surface area contributed by atoms with Crippen LogP contribution in [0.25, 0.3) is 0 Å². The van der Waals surface area contributed by atoms with Crippen LogP contribution in [0, 0.1) is 5.92 Å². The van der Waals surface area contributed by atoms with Gasteiger partial charge in [-0.05, 0) is 36.6 Å². The molecule has 0 heterocycles. The lowest BCUT2D eigenvalue weighted by Gasteiger charge is -2.24. The fourth-order valence-corrected chi connectivity index (χ4v) is 2.60. The predicted octanol–water partition coefficient (Wildman–Crippen LogP) is 2.53. The van der Waals surface area contributed by atoms with Gasteiger partial charge in [0, 0.05) is 23.8 Å². The summed E-state index contributed by atoms with van der Waals surface area (Å²) in [4.78, 5) is 25.3. The van der Waals surface area contributed by atoms with E-state index in [9.17, 15) is 9.59 Å². The molecule has 2 aromatic carbocycles. The quantitative estimate of drug-likeness (QED) is 0.822. The molecule has 0 unspecified atom stereocenters. The lowest BCUT2D eigenvalue weighted by atomic mass is 10.2. The second kappa shape index (κ2) is 7.17. The molecule has 0 aliphatic heterocycles. The van der Waals surface area contributed by atoms with Crippen LogP contribution in [0.2, 0.25) is 0 Å². The van der Waals surface area contributed by atoms with Gasteiger partial charge in [0.05, 0.1) is 6.54 Å². The molecule has 24 heavy (non-hydrogen) atoms. The third kappa shape index (κ3) is 4.35. The van der Waals surface area contributed by atoms with E-state index in [0.717, 1.165) is 29.8 Å². The molecule has 1 fully saturated rings. The molecule has 0 spiro atoms. The molecule has 3 rings (SSSR count). The number of primary amides is 1. The van der Waals surface area contributed by atoms with E-state index < -0.39 is 5.91 Å². The zero-order valence-electron chi connectivity index (χ0n) is 13.4. The summed E-state index contributed by atoms with van der Waals surface area (Å²) in [7, 11) is 0.